The monoisotopic (exact) mass is 379 g/mol. The molecule has 1 atom stereocenters. The number of nitrogens with one attached hydrogen (secondary N) is 1. The number of amides is 1. The molecule has 2 aromatic rings. The van der Waals surface area contributed by atoms with Crippen molar-refractivity contribution in [1.82, 2.24) is 5.32 Å². The molecule has 0 aliphatic rings. The number of carbonyl (C=O) groups is 2. The summed E-state index contributed by atoms with van der Waals surface area (Å²) in [4.78, 5) is 23.9. The van der Waals surface area contributed by atoms with E-state index >= 15 is 0 Å². The molecule has 1 amide bonds. The van der Waals surface area contributed by atoms with Crippen molar-refractivity contribution < 1.29 is 18.7 Å². The van der Waals surface area contributed by atoms with Crippen molar-refractivity contribution in [3.05, 3.63) is 69.9 Å². The van der Waals surface area contributed by atoms with E-state index in [4.69, 9.17) is 0 Å². The SMILES string of the molecule is COC(=O)C[C@@H](NC(=O)c1ccccc1F)c1ccc(Br)cc1. The summed E-state index contributed by atoms with van der Waals surface area (Å²) in [5.74, 6) is -1.66. The summed E-state index contributed by atoms with van der Waals surface area (Å²) in [6, 6.07) is 12.2. The van der Waals surface area contributed by atoms with Crippen LogP contribution in [0.15, 0.2) is 53.0 Å². The lowest BCUT2D eigenvalue weighted by molar-refractivity contribution is -0.141. The summed E-state index contributed by atoms with van der Waals surface area (Å²) in [6.07, 6.45) is -0.0433. The highest BCUT2D eigenvalue weighted by Crippen LogP contribution is 2.21. The molecule has 0 aliphatic carbocycles. The molecule has 2 aromatic carbocycles. The summed E-state index contributed by atoms with van der Waals surface area (Å²) in [5.41, 5.74) is 0.655. The third-order valence-corrected chi connectivity index (χ3v) is 3.82. The highest BCUT2D eigenvalue weighted by molar-refractivity contribution is 9.10. The van der Waals surface area contributed by atoms with Crippen LogP contribution in [-0.4, -0.2) is 19.0 Å². The second-order valence-corrected chi connectivity index (χ2v) is 5.75. The molecule has 0 spiro atoms. The van der Waals surface area contributed by atoms with E-state index in [-0.39, 0.29) is 12.0 Å². The standard InChI is InChI=1S/C17H15BrFNO3/c1-23-16(21)10-15(11-6-8-12(18)9-7-11)20-17(22)13-4-2-3-5-14(13)19/h2-9,15H,10H2,1H3,(H,20,22)/t15-/m1/s1. The maximum Gasteiger partial charge on any atom is 0.307 e. The third kappa shape index (κ3) is 4.63. The van der Waals surface area contributed by atoms with E-state index in [1.807, 2.05) is 0 Å². The van der Waals surface area contributed by atoms with Gasteiger partial charge in [0.1, 0.15) is 5.82 Å². The van der Waals surface area contributed by atoms with Crippen molar-refractivity contribution in [2.24, 2.45) is 0 Å². The van der Waals surface area contributed by atoms with Crippen LogP contribution >= 0.6 is 15.9 Å². The minimum atomic E-state index is -0.613. The highest BCUT2D eigenvalue weighted by Gasteiger charge is 2.21. The Morgan fingerprint density at radius 1 is 1.17 bits per heavy atom. The van der Waals surface area contributed by atoms with Gasteiger partial charge in [-0.1, -0.05) is 40.2 Å². The maximum atomic E-state index is 13.7. The van der Waals surface area contributed by atoms with E-state index < -0.39 is 23.7 Å². The van der Waals surface area contributed by atoms with Crippen molar-refractivity contribution in [3.63, 3.8) is 0 Å². The van der Waals surface area contributed by atoms with Crippen LogP contribution in [0.25, 0.3) is 0 Å². The summed E-state index contributed by atoms with van der Waals surface area (Å²) in [6.45, 7) is 0. The van der Waals surface area contributed by atoms with Crippen molar-refractivity contribution in [2.45, 2.75) is 12.5 Å². The first-order chi connectivity index (χ1) is 11.0. The predicted octanol–water partition coefficient (Wildman–Crippen LogP) is 3.62. The van der Waals surface area contributed by atoms with E-state index in [1.54, 1.807) is 30.3 Å². The number of methoxy groups -OCH3 is 1. The fraction of sp³-hybridized carbons (Fsp3) is 0.176. The van der Waals surface area contributed by atoms with Crippen molar-refractivity contribution in [2.75, 3.05) is 7.11 Å². The van der Waals surface area contributed by atoms with Crippen LogP contribution in [0.3, 0.4) is 0 Å². The number of ether oxygens (including phenoxy) is 1. The van der Waals surface area contributed by atoms with Gasteiger partial charge >= 0.3 is 5.97 Å². The molecule has 0 radical (unpaired) electrons. The van der Waals surface area contributed by atoms with Crippen LogP contribution in [0.1, 0.15) is 28.4 Å². The molecular weight excluding hydrogens is 365 g/mol. The van der Waals surface area contributed by atoms with Gasteiger partial charge in [-0.05, 0) is 29.8 Å². The molecule has 0 fully saturated rings. The van der Waals surface area contributed by atoms with Gasteiger partial charge in [0.05, 0.1) is 25.1 Å². The topological polar surface area (TPSA) is 55.4 Å². The van der Waals surface area contributed by atoms with Crippen LogP contribution in [0.2, 0.25) is 0 Å². The van der Waals surface area contributed by atoms with E-state index in [0.29, 0.717) is 0 Å². The van der Waals surface area contributed by atoms with Gasteiger partial charge in [-0.3, -0.25) is 9.59 Å². The Morgan fingerprint density at radius 3 is 2.43 bits per heavy atom. The molecular formula is C17H15BrFNO3. The molecule has 0 heterocycles. The van der Waals surface area contributed by atoms with Crippen LogP contribution in [-0.2, 0) is 9.53 Å². The Labute approximate surface area is 141 Å². The van der Waals surface area contributed by atoms with Gasteiger partial charge in [0, 0.05) is 4.47 Å². The molecule has 1 N–H and O–H groups in total. The molecule has 23 heavy (non-hydrogen) atoms. The highest BCUT2D eigenvalue weighted by atomic mass is 79.9. The minimum absolute atomic E-state index is 0.0433. The first-order valence-corrected chi connectivity index (χ1v) is 7.68. The number of carbonyl (C=O) groups excluding carboxylic acids is 2. The second-order valence-electron chi connectivity index (χ2n) is 4.84. The quantitative estimate of drug-likeness (QED) is 0.807. The fourth-order valence-electron chi connectivity index (χ4n) is 2.08. The summed E-state index contributed by atoms with van der Waals surface area (Å²) in [5, 5.41) is 2.68. The van der Waals surface area contributed by atoms with Gasteiger partial charge < -0.3 is 10.1 Å². The summed E-state index contributed by atoms with van der Waals surface area (Å²) >= 11 is 3.33. The normalized spacial score (nSPS) is 11.6. The summed E-state index contributed by atoms with van der Waals surface area (Å²) < 4.78 is 19.3. The molecule has 0 bridgehead atoms. The molecule has 6 heteroatoms. The van der Waals surface area contributed by atoms with Gasteiger partial charge in [0.25, 0.3) is 5.91 Å². The Kier molecular flexibility index (Phi) is 5.87. The maximum absolute atomic E-state index is 13.7. The Bertz CT molecular complexity index is 703. The van der Waals surface area contributed by atoms with Crippen LogP contribution in [0.5, 0.6) is 0 Å². The van der Waals surface area contributed by atoms with Crippen LogP contribution < -0.4 is 5.32 Å². The average Bonchev–Trinajstić information content (AvgIpc) is 2.55. The Balaban J connectivity index is 2.23. The molecule has 0 saturated carbocycles. The van der Waals surface area contributed by atoms with Crippen LogP contribution in [0, 0.1) is 5.82 Å². The van der Waals surface area contributed by atoms with Crippen molar-refractivity contribution in [1.29, 1.82) is 0 Å². The van der Waals surface area contributed by atoms with Crippen molar-refractivity contribution >= 4 is 27.8 Å². The largest absolute Gasteiger partial charge is 0.469 e. The molecule has 0 aromatic heterocycles. The molecule has 0 saturated heterocycles. The zero-order valence-corrected chi connectivity index (χ0v) is 14.0. The predicted molar refractivity (Wildman–Crippen MR) is 87.4 cm³/mol. The lowest BCUT2D eigenvalue weighted by atomic mass is 10.0. The first kappa shape index (κ1) is 17.1. The fourth-order valence-corrected chi connectivity index (χ4v) is 2.34. The number of esters is 1. The van der Waals surface area contributed by atoms with Crippen LogP contribution in [0.4, 0.5) is 4.39 Å². The van der Waals surface area contributed by atoms with E-state index in [2.05, 4.69) is 26.0 Å². The lowest BCUT2D eigenvalue weighted by Crippen LogP contribution is -2.31. The number of hydrogen-bond donors (Lipinski definition) is 1. The molecule has 0 aliphatic heterocycles. The number of hydrogen-bond acceptors (Lipinski definition) is 3. The molecule has 0 unspecified atom stereocenters. The van der Waals surface area contributed by atoms with Gasteiger partial charge in [-0.2, -0.15) is 0 Å². The zero-order chi connectivity index (χ0) is 16.8. The molecule has 4 nitrogen and oxygen atoms in total. The van der Waals surface area contributed by atoms with E-state index in [1.165, 1.54) is 25.3 Å². The number of rotatable bonds is 5. The number of benzene rings is 2. The zero-order valence-electron chi connectivity index (χ0n) is 12.4. The average molecular weight is 380 g/mol. The van der Waals surface area contributed by atoms with Gasteiger partial charge in [-0.15, -0.1) is 0 Å². The van der Waals surface area contributed by atoms with Gasteiger partial charge in [0.2, 0.25) is 0 Å². The van der Waals surface area contributed by atoms with Gasteiger partial charge in [-0.25, -0.2) is 4.39 Å². The smallest absolute Gasteiger partial charge is 0.307 e. The number of halogens is 2. The van der Waals surface area contributed by atoms with Crippen molar-refractivity contribution in [3.8, 4) is 0 Å². The lowest BCUT2D eigenvalue weighted by Gasteiger charge is -2.18. The van der Waals surface area contributed by atoms with E-state index in [9.17, 15) is 14.0 Å². The molecule has 120 valence electrons. The van der Waals surface area contributed by atoms with E-state index in [0.717, 1.165) is 10.0 Å². The Morgan fingerprint density at radius 2 is 1.83 bits per heavy atom. The van der Waals surface area contributed by atoms with Gasteiger partial charge in [0.15, 0.2) is 0 Å². The first-order valence-electron chi connectivity index (χ1n) is 6.89. The summed E-state index contributed by atoms with van der Waals surface area (Å²) in [7, 11) is 1.28. The minimum Gasteiger partial charge on any atom is -0.469 e. The second kappa shape index (κ2) is 7.87. The molecule has 2 rings (SSSR count). The Hall–Kier alpha value is -2.21. The third-order valence-electron chi connectivity index (χ3n) is 3.29.